The molecule has 2 rings (SSSR count). The molecular weight excluding hydrogens is 384 g/mol. The van der Waals surface area contributed by atoms with Crippen LogP contribution in [0.5, 0.6) is 0 Å². The Kier molecular flexibility index (Phi) is 9.16. The van der Waals surface area contributed by atoms with Crippen molar-refractivity contribution in [2.45, 2.75) is 52.9 Å². The third-order valence-corrected chi connectivity index (χ3v) is 4.22. The fourth-order valence-corrected chi connectivity index (χ4v) is 2.90. The van der Waals surface area contributed by atoms with E-state index in [0.29, 0.717) is 25.6 Å². The number of anilines is 1. The van der Waals surface area contributed by atoms with E-state index in [9.17, 15) is 4.79 Å². The first-order chi connectivity index (χ1) is 14.3. The number of carbonyl (C=O) groups is 1. The second-order valence-electron chi connectivity index (χ2n) is 8.20. The van der Waals surface area contributed by atoms with Gasteiger partial charge in [0.05, 0.1) is 19.3 Å². The zero-order valence-electron chi connectivity index (χ0n) is 18.8. The predicted octanol–water partition coefficient (Wildman–Crippen LogP) is 1.89. The smallest absolute Gasteiger partial charge is 0.407 e. The van der Waals surface area contributed by atoms with Crippen LogP contribution in [0.15, 0.2) is 23.3 Å². The third kappa shape index (κ3) is 8.86. The van der Waals surface area contributed by atoms with Crippen molar-refractivity contribution in [3.63, 3.8) is 0 Å². The molecule has 30 heavy (non-hydrogen) atoms. The van der Waals surface area contributed by atoms with Gasteiger partial charge in [0.15, 0.2) is 5.96 Å². The Morgan fingerprint density at radius 3 is 2.70 bits per heavy atom. The molecule has 1 aliphatic heterocycles. The van der Waals surface area contributed by atoms with Gasteiger partial charge in [0.2, 0.25) is 0 Å². The number of carbonyl (C=O) groups excluding carboxylic acids is 1. The Bertz CT molecular complexity index is 687. The van der Waals surface area contributed by atoms with Crippen LogP contribution >= 0.6 is 0 Å². The second-order valence-corrected chi connectivity index (χ2v) is 8.20. The number of guanidine groups is 1. The van der Waals surface area contributed by atoms with Crippen LogP contribution in [0, 0.1) is 0 Å². The first-order valence-electron chi connectivity index (χ1n) is 10.6. The van der Waals surface area contributed by atoms with E-state index in [1.165, 1.54) is 0 Å². The lowest BCUT2D eigenvalue weighted by Crippen LogP contribution is -2.42. The molecule has 168 valence electrons. The van der Waals surface area contributed by atoms with E-state index in [-0.39, 0.29) is 6.10 Å². The topological polar surface area (TPSA) is 100 Å². The van der Waals surface area contributed by atoms with Crippen LogP contribution in [0.25, 0.3) is 0 Å². The fourth-order valence-electron chi connectivity index (χ4n) is 2.90. The molecule has 1 aliphatic rings. The zero-order chi connectivity index (χ0) is 22.0. The number of nitrogens with zero attached hydrogens (tertiary/aromatic N) is 3. The maximum Gasteiger partial charge on any atom is 0.407 e. The zero-order valence-corrected chi connectivity index (χ0v) is 18.8. The van der Waals surface area contributed by atoms with E-state index >= 15 is 0 Å². The van der Waals surface area contributed by atoms with Crippen molar-refractivity contribution >= 4 is 17.9 Å². The SMILES string of the molecule is CCNC(=NCc1ccc(N2CCOC(C)C2)nc1)NCCNC(=O)OC(C)(C)C. The van der Waals surface area contributed by atoms with E-state index in [0.717, 1.165) is 37.6 Å². The first-order valence-corrected chi connectivity index (χ1v) is 10.6. The molecule has 0 bridgehead atoms. The van der Waals surface area contributed by atoms with Crippen molar-refractivity contribution in [2.24, 2.45) is 4.99 Å². The Morgan fingerprint density at radius 2 is 2.07 bits per heavy atom. The quantitative estimate of drug-likeness (QED) is 0.352. The summed E-state index contributed by atoms with van der Waals surface area (Å²) >= 11 is 0. The van der Waals surface area contributed by atoms with Crippen LogP contribution in [0.1, 0.15) is 40.2 Å². The summed E-state index contributed by atoms with van der Waals surface area (Å²) in [6.07, 6.45) is 1.67. The summed E-state index contributed by atoms with van der Waals surface area (Å²) < 4.78 is 10.8. The van der Waals surface area contributed by atoms with E-state index in [1.54, 1.807) is 0 Å². The Labute approximate surface area is 179 Å². The lowest BCUT2D eigenvalue weighted by atomic mass is 10.2. The molecule has 0 aromatic carbocycles. The molecule has 1 atom stereocenters. The van der Waals surface area contributed by atoms with Crippen molar-refractivity contribution in [1.82, 2.24) is 20.9 Å². The maximum atomic E-state index is 11.7. The number of hydrogen-bond acceptors (Lipinski definition) is 6. The van der Waals surface area contributed by atoms with Gasteiger partial charge in [0.25, 0.3) is 0 Å². The number of morpholine rings is 1. The van der Waals surface area contributed by atoms with E-state index < -0.39 is 11.7 Å². The normalized spacial score (nSPS) is 17.4. The van der Waals surface area contributed by atoms with E-state index in [4.69, 9.17) is 9.47 Å². The highest BCUT2D eigenvalue weighted by molar-refractivity contribution is 5.79. The van der Waals surface area contributed by atoms with Gasteiger partial charge in [0.1, 0.15) is 11.4 Å². The van der Waals surface area contributed by atoms with Gasteiger partial charge in [-0.1, -0.05) is 6.07 Å². The molecular formula is C21H36N6O3. The van der Waals surface area contributed by atoms with Crippen LogP contribution in [-0.4, -0.2) is 68.1 Å². The highest BCUT2D eigenvalue weighted by atomic mass is 16.6. The number of rotatable bonds is 7. The van der Waals surface area contributed by atoms with Crippen molar-refractivity contribution < 1.29 is 14.3 Å². The van der Waals surface area contributed by atoms with Crippen molar-refractivity contribution in [2.75, 3.05) is 44.2 Å². The minimum atomic E-state index is -0.502. The van der Waals surface area contributed by atoms with Crippen LogP contribution in [0.2, 0.25) is 0 Å². The summed E-state index contributed by atoms with van der Waals surface area (Å²) in [5.41, 5.74) is 0.529. The van der Waals surface area contributed by atoms with Crippen LogP contribution in [-0.2, 0) is 16.0 Å². The van der Waals surface area contributed by atoms with Gasteiger partial charge < -0.3 is 30.3 Å². The third-order valence-electron chi connectivity index (χ3n) is 4.22. The molecule has 0 aliphatic carbocycles. The molecule has 1 unspecified atom stereocenters. The summed E-state index contributed by atoms with van der Waals surface area (Å²) in [6.45, 7) is 14.3. The molecule has 0 spiro atoms. The minimum absolute atomic E-state index is 0.225. The number of nitrogens with one attached hydrogen (secondary N) is 3. The number of pyridine rings is 1. The number of aromatic nitrogens is 1. The average Bonchev–Trinajstić information content (AvgIpc) is 2.68. The molecule has 1 saturated heterocycles. The summed E-state index contributed by atoms with van der Waals surface area (Å²) in [6, 6.07) is 4.09. The summed E-state index contributed by atoms with van der Waals surface area (Å²) in [4.78, 5) is 23.1. The second kappa shape index (κ2) is 11.6. The summed E-state index contributed by atoms with van der Waals surface area (Å²) in [7, 11) is 0. The Morgan fingerprint density at radius 1 is 1.30 bits per heavy atom. The van der Waals surface area contributed by atoms with Crippen molar-refractivity contribution in [1.29, 1.82) is 0 Å². The Balaban J connectivity index is 1.80. The van der Waals surface area contributed by atoms with Crippen LogP contribution in [0.4, 0.5) is 10.6 Å². The molecule has 9 nitrogen and oxygen atoms in total. The van der Waals surface area contributed by atoms with Gasteiger partial charge >= 0.3 is 6.09 Å². The number of ether oxygens (including phenoxy) is 2. The largest absolute Gasteiger partial charge is 0.444 e. The van der Waals surface area contributed by atoms with E-state index in [2.05, 4.69) is 43.8 Å². The predicted molar refractivity (Wildman–Crippen MR) is 119 cm³/mol. The fraction of sp³-hybridized carbons (Fsp3) is 0.667. The molecule has 0 radical (unpaired) electrons. The number of hydrogen-bond donors (Lipinski definition) is 3. The van der Waals surface area contributed by atoms with Gasteiger partial charge in [-0.3, -0.25) is 0 Å². The number of alkyl carbamates (subject to hydrolysis) is 1. The lowest BCUT2D eigenvalue weighted by Gasteiger charge is -2.32. The minimum Gasteiger partial charge on any atom is -0.444 e. The highest BCUT2D eigenvalue weighted by Crippen LogP contribution is 2.15. The molecule has 1 aromatic heterocycles. The number of amides is 1. The first kappa shape index (κ1) is 23.7. The molecule has 2 heterocycles. The molecule has 3 N–H and O–H groups in total. The average molecular weight is 421 g/mol. The van der Waals surface area contributed by atoms with Gasteiger partial charge in [-0.15, -0.1) is 0 Å². The van der Waals surface area contributed by atoms with Gasteiger partial charge in [0, 0.05) is 38.9 Å². The lowest BCUT2D eigenvalue weighted by molar-refractivity contribution is 0.0524. The number of aliphatic imine (C=N–C) groups is 1. The highest BCUT2D eigenvalue weighted by Gasteiger charge is 2.18. The van der Waals surface area contributed by atoms with E-state index in [1.807, 2.05) is 40.0 Å². The maximum absolute atomic E-state index is 11.7. The summed E-state index contributed by atoms with van der Waals surface area (Å²) in [5, 5.41) is 9.12. The van der Waals surface area contributed by atoms with Crippen molar-refractivity contribution in [3.8, 4) is 0 Å². The molecule has 9 heteroatoms. The molecule has 1 amide bonds. The summed E-state index contributed by atoms with van der Waals surface area (Å²) in [5.74, 6) is 1.66. The van der Waals surface area contributed by atoms with Crippen LogP contribution in [0.3, 0.4) is 0 Å². The van der Waals surface area contributed by atoms with Crippen molar-refractivity contribution in [3.05, 3.63) is 23.9 Å². The molecule has 1 aromatic rings. The van der Waals surface area contributed by atoms with Gasteiger partial charge in [-0.25, -0.2) is 14.8 Å². The monoisotopic (exact) mass is 420 g/mol. The van der Waals surface area contributed by atoms with Gasteiger partial charge in [-0.05, 0) is 46.2 Å². The molecule has 1 fully saturated rings. The van der Waals surface area contributed by atoms with Gasteiger partial charge in [-0.2, -0.15) is 0 Å². The molecule has 0 saturated carbocycles. The Hall–Kier alpha value is -2.55. The van der Waals surface area contributed by atoms with Crippen LogP contribution < -0.4 is 20.9 Å². The standard InChI is InChI=1S/C21H36N6O3/c1-6-22-19(23-9-10-24-20(28)30-21(3,4)5)26-14-17-7-8-18(25-13-17)27-11-12-29-16(2)15-27/h7-8,13,16H,6,9-12,14-15H2,1-5H3,(H,24,28)(H2,22,23,26).